The topological polar surface area (TPSA) is 72.1 Å². The van der Waals surface area contributed by atoms with Crippen molar-refractivity contribution in [2.75, 3.05) is 38.5 Å². The number of benzene rings is 2. The highest BCUT2D eigenvalue weighted by Gasteiger charge is 2.05. The van der Waals surface area contributed by atoms with Gasteiger partial charge in [0.1, 0.15) is 0 Å². The summed E-state index contributed by atoms with van der Waals surface area (Å²) >= 11 is 0. The molecule has 0 unspecified atom stereocenters. The van der Waals surface area contributed by atoms with Crippen LogP contribution in [0.5, 0.6) is 11.5 Å². The molecule has 0 aromatic heterocycles. The Kier molecular flexibility index (Phi) is 5.89. The molecule has 0 saturated heterocycles. The van der Waals surface area contributed by atoms with E-state index in [0.29, 0.717) is 24.0 Å². The van der Waals surface area contributed by atoms with E-state index in [4.69, 9.17) is 15.2 Å². The number of nitrogens with zero attached hydrogens (tertiary/aromatic N) is 2. The number of aliphatic imine (C=N–C) groups is 1. The summed E-state index contributed by atoms with van der Waals surface area (Å²) in [4.78, 5) is 6.43. The molecule has 0 spiro atoms. The van der Waals surface area contributed by atoms with Crippen molar-refractivity contribution >= 4 is 17.3 Å². The zero-order chi connectivity index (χ0) is 17.5. The van der Waals surface area contributed by atoms with Crippen LogP contribution in [0.1, 0.15) is 5.56 Å². The molecule has 0 saturated carbocycles. The normalized spacial score (nSPS) is 11.1. The number of methoxy groups -OCH3 is 2. The average Bonchev–Trinajstić information content (AvgIpc) is 2.60. The number of nitrogens with two attached hydrogens (primary N) is 1. The molecule has 24 heavy (non-hydrogen) atoms. The Morgan fingerprint density at radius 2 is 1.83 bits per heavy atom. The molecule has 6 heteroatoms. The lowest BCUT2D eigenvalue weighted by Gasteiger charge is -2.13. The van der Waals surface area contributed by atoms with Gasteiger partial charge in [-0.25, -0.2) is 4.99 Å². The number of anilines is 2. The van der Waals surface area contributed by atoms with Gasteiger partial charge in [0.2, 0.25) is 0 Å². The van der Waals surface area contributed by atoms with E-state index < -0.39 is 0 Å². The lowest BCUT2D eigenvalue weighted by molar-refractivity contribution is 0.355. The lowest BCUT2D eigenvalue weighted by atomic mass is 10.2. The van der Waals surface area contributed by atoms with Gasteiger partial charge in [-0.3, -0.25) is 0 Å². The van der Waals surface area contributed by atoms with Gasteiger partial charge in [0.05, 0.1) is 20.8 Å². The lowest BCUT2D eigenvalue weighted by Crippen LogP contribution is -2.22. The number of guanidine groups is 1. The second-order valence-corrected chi connectivity index (χ2v) is 5.46. The standard InChI is InChI=1S/C18H24N4O2/c1-22(2)15-7-5-6-13(10-15)12-20-18(19)21-14-8-9-16(23-3)17(11-14)24-4/h5-11H,12H2,1-4H3,(H3,19,20,21). The SMILES string of the molecule is COc1ccc(NC(N)=NCc2cccc(N(C)C)c2)cc1OC. The molecule has 0 atom stereocenters. The van der Waals surface area contributed by atoms with Gasteiger partial charge in [0, 0.05) is 31.5 Å². The van der Waals surface area contributed by atoms with Crippen molar-refractivity contribution in [3.63, 3.8) is 0 Å². The maximum Gasteiger partial charge on any atom is 0.193 e. The number of nitrogens with one attached hydrogen (secondary N) is 1. The fourth-order valence-corrected chi connectivity index (χ4v) is 2.21. The summed E-state index contributed by atoms with van der Waals surface area (Å²) in [5.74, 6) is 1.64. The van der Waals surface area contributed by atoms with E-state index in [-0.39, 0.29) is 0 Å². The van der Waals surface area contributed by atoms with E-state index in [1.807, 2.05) is 44.4 Å². The highest BCUT2D eigenvalue weighted by Crippen LogP contribution is 2.29. The van der Waals surface area contributed by atoms with E-state index in [2.05, 4.69) is 27.3 Å². The molecular weight excluding hydrogens is 304 g/mol. The maximum absolute atomic E-state index is 5.97. The number of hydrogen-bond donors (Lipinski definition) is 2. The summed E-state index contributed by atoms with van der Waals surface area (Å²) in [6.45, 7) is 0.508. The summed E-state index contributed by atoms with van der Waals surface area (Å²) in [5, 5.41) is 3.06. The Morgan fingerprint density at radius 3 is 2.50 bits per heavy atom. The molecule has 2 aromatic rings. The molecule has 0 heterocycles. The average molecular weight is 328 g/mol. The largest absolute Gasteiger partial charge is 0.493 e. The molecule has 0 fully saturated rings. The minimum atomic E-state index is 0.345. The second-order valence-electron chi connectivity index (χ2n) is 5.46. The van der Waals surface area contributed by atoms with E-state index in [1.165, 1.54) is 0 Å². The third kappa shape index (κ3) is 4.55. The fraction of sp³-hybridized carbons (Fsp3) is 0.278. The van der Waals surface area contributed by atoms with Crippen LogP contribution in [0.4, 0.5) is 11.4 Å². The van der Waals surface area contributed by atoms with Gasteiger partial charge in [0.25, 0.3) is 0 Å². The summed E-state index contributed by atoms with van der Waals surface area (Å²) < 4.78 is 10.5. The monoisotopic (exact) mass is 328 g/mol. The van der Waals surface area contributed by atoms with Crippen molar-refractivity contribution in [3.05, 3.63) is 48.0 Å². The Hall–Kier alpha value is -2.89. The summed E-state index contributed by atoms with van der Waals surface area (Å²) in [5.41, 5.74) is 8.99. The molecule has 0 radical (unpaired) electrons. The van der Waals surface area contributed by atoms with Gasteiger partial charge in [-0.1, -0.05) is 12.1 Å². The smallest absolute Gasteiger partial charge is 0.193 e. The molecular formula is C18H24N4O2. The van der Waals surface area contributed by atoms with Crippen molar-refractivity contribution in [1.29, 1.82) is 0 Å². The van der Waals surface area contributed by atoms with Gasteiger partial charge in [0.15, 0.2) is 17.5 Å². The molecule has 6 nitrogen and oxygen atoms in total. The van der Waals surface area contributed by atoms with E-state index in [9.17, 15) is 0 Å². The van der Waals surface area contributed by atoms with Crippen LogP contribution < -0.4 is 25.4 Å². The van der Waals surface area contributed by atoms with Crippen LogP contribution in [0.15, 0.2) is 47.5 Å². The van der Waals surface area contributed by atoms with Crippen molar-refractivity contribution < 1.29 is 9.47 Å². The van der Waals surface area contributed by atoms with Crippen molar-refractivity contribution in [1.82, 2.24) is 0 Å². The Balaban J connectivity index is 2.05. The van der Waals surface area contributed by atoms with Crippen molar-refractivity contribution in [2.45, 2.75) is 6.54 Å². The van der Waals surface area contributed by atoms with Gasteiger partial charge < -0.3 is 25.4 Å². The first-order valence-corrected chi connectivity index (χ1v) is 7.58. The fourth-order valence-electron chi connectivity index (χ4n) is 2.21. The van der Waals surface area contributed by atoms with Crippen LogP contribution in [0, 0.1) is 0 Å². The minimum absolute atomic E-state index is 0.345. The maximum atomic E-state index is 5.97. The summed E-state index contributed by atoms with van der Waals surface area (Å²) in [6.07, 6.45) is 0. The molecule has 128 valence electrons. The first kappa shape index (κ1) is 17.5. The third-order valence-electron chi connectivity index (χ3n) is 3.51. The van der Waals surface area contributed by atoms with Gasteiger partial charge in [-0.15, -0.1) is 0 Å². The van der Waals surface area contributed by atoms with Gasteiger partial charge in [-0.05, 0) is 29.8 Å². The first-order valence-electron chi connectivity index (χ1n) is 7.58. The minimum Gasteiger partial charge on any atom is -0.493 e. The van der Waals surface area contributed by atoms with Crippen LogP contribution in [-0.4, -0.2) is 34.3 Å². The Bertz CT molecular complexity index is 714. The molecule has 0 aliphatic carbocycles. The predicted octanol–water partition coefficient (Wildman–Crippen LogP) is 2.70. The number of ether oxygens (including phenoxy) is 2. The van der Waals surface area contributed by atoms with E-state index in [0.717, 1.165) is 16.9 Å². The highest BCUT2D eigenvalue weighted by atomic mass is 16.5. The van der Waals surface area contributed by atoms with Crippen LogP contribution in [0.25, 0.3) is 0 Å². The van der Waals surface area contributed by atoms with Crippen molar-refractivity contribution in [3.8, 4) is 11.5 Å². The number of hydrogen-bond acceptors (Lipinski definition) is 4. The first-order chi connectivity index (χ1) is 11.5. The van der Waals surface area contributed by atoms with Crippen LogP contribution in [-0.2, 0) is 6.54 Å². The molecule has 0 aliphatic rings. The molecule has 3 N–H and O–H groups in total. The Morgan fingerprint density at radius 1 is 1.08 bits per heavy atom. The highest BCUT2D eigenvalue weighted by molar-refractivity contribution is 5.92. The summed E-state index contributed by atoms with van der Waals surface area (Å²) in [7, 11) is 7.21. The zero-order valence-corrected chi connectivity index (χ0v) is 14.5. The van der Waals surface area contributed by atoms with E-state index >= 15 is 0 Å². The van der Waals surface area contributed by atoms with Gasteiger partial charge in [-0.2, -0.15) is 0 Å². The third-order valence-corrected chi connectivity index (χ3v) is 3.51. The molecule has 2 aromatic carbocycles. The van der Waals surface area contributed by atoms with Crippen molar-refractivity contribution in [2.24, 2.45) is 10.7 Å². The zero-order valence-electron chi connectivity index (χ0n) is 14.5. The summed E-state index contributed by atoms with van der Waals surface area (Å²) in [6, 6.07) is 13.7. The quantitative estimate of drug-likeness (QED) is 0.630. The molecule has 2 rings (SSSR count). The number of rotatable bonds is 6. The molecule has 0 bridgehead atoms. The Labute approximate surface area is 142 Å². The second kappa shape index (κ2) is 8.10. The molecule has 0 amide bonds. The van der Waals surface area contributed by atoms with Crippen LogP contribution in [0.3, 0.4) is 0 Å². The predicted molar refractivity (Wildman–Crippen MR) is 99.3 cm³/mol. The van der Waals surface area contributed by atoms with E-state index in [1.54, 1.807) is 14.2 Å². The molecule has 0 aliphatic heterocycles. The van der Waals surface area contributed by atoms with Crippen LogP contribution >= 0.6 is 0 Å². The van der Waals surface area contributed by atoms with Gasteiger partial charge >= 0.3 is 0 Å². The van der Waals surface area contributed by atoms with Crippen LogP contribution in [0.2, 0.25) is 0 Å².